The second-order valence-electron chi connectivity index (χ2n) is 3.39. The van der Waals surface area contributed by atoms with Crippen molar-refractivity contribution in [3.05, 3.63) is 35.8 Å². The van der Waals surface area contributed by atoms with E-state index in [1.807, 2.05) is 0 Å². The number of ether oxygens (including phenoxy) is 1. The highest BCUT2D eigenvalue weighted by Crippen LogP contribution is 2.22. The van der Waals surface area contributed by atoms with Crippen LogP contribution >= 0.6 is 0 Å². The molecule has 16 heavy (non-hydrogen) atoms. The molecule has 0 amide bonds. The van der Waals surface area contributed by atoms with Crippen LogP contribution in [0.5, 0.6) is 0 Å². The Kier molecular flexibility index (Phi) is 2.90. The molecule has 0 unspecified atom stereocenters. The summed E-state index contributed by atoms with van der Waals surface area (Å²) in [4.78, 5) is 11.3. The summed E-state index contributed by atoms with van der Waals surface area (Å²) in [6.07, 6.45) is 1.49. The Hall–Kier alpha value is -1.84. The highest BCUT2D eigenvalue weighted by Gasteiger charge is 2.11. The van der Waals surface area contributed by atoms with Crippen LogP contribution in [0.15, 0.2) is 28.9 Å². The number of hydrogen-bond acceptors (Lipinski definition) is 3. The van der Waals surface area contributed by atoms with Gasteiger partial charge in [0.25, 0.3) is 0 Å². The van der Waals surface area contributed by atoms with Gasteiger partial charge >= 0.3 is 5.97 Å². The van der Waals surface area contributed by atoms with E-state index in [1.165, 1.54) is 18.4 Å². The Bertz CT molecular complexity index is 516. The zero-order valence-corrected chi connectivity index (χ0v) is 8.83. The van der Waals surface area contributed by atoms with E-state index in [9.17, 15) is 9.18 Å². The minimum atomic E-state index is -0.384. The molecule has 0 saturated carbocycles. The molecule has 1 heterocycles. The van der Waals surface area contributed by atoms with E-state index >= 15 is 0 Å². The van der Waals surface area contributed by atoms with Crippen molar-refractivity contribution < 1.29 is 18.3 Å². The molecule has 84 valence electrons. The van der Waals surface area contributed by atoms with Crippen molar-refractivity contribution >= 4 is 16.9 Å². The van der Waals surface area contributed by atoms with Crippen LogP contribution in [0.4, 0.5) is 4.39 Å². The molecule has 2 rings (SSSR count). The van der Waals surface area contributed by atoms with Crippen molar-refractivity contribution in [2.24, 2.45) is 0 Å². The smallest absolute Gasteiger partial charge is 0.310 e. The van der Waals surface area contributed by atoms with Gasteiger partial charge in [-0.2, -0.15) is 0 Å². The summed E-state index contributed by atoms with van der Waals surface area (Å²) >= 11 is 0. The Labute approximate surface area is 91.8 Å². The van der Waals surface area contributed by atoms with Crippen molar-refractivity contribution in [3.8, 4) is 0 Å². The summed E-state index contributed by atoms with van der Waals surface area (Å²) in [6, 6.07) is 4.32. The third-order valence-electron chi connectivity index (χ3n) is 2.23. The first kappa shape index (κ1) is 10.7. The lowest BCUT2D eigenvalue weighted by atomic mass is 10.1. The van der Waals surface area contributed by atoms with Crippen LogP contribution in [0.3, 0.4) is 0 Å². The average Bonchev–Trinajstić information content (AvgIpc) is 2.65. The van der Waals surface area contributed by atoms with Crippen molar-refractivity contribution in [1.82, 2.24) is 0 Å². The number of hydrogen-bond donors (Lipinski definition) is 0. The molecule has 0 radical (unpaired) electrons. The summed E-state index contributed by atoms with van der Waals surface area (Å²) < 4.78 is 23.2. The molecule has 0 aliphatic carbocycles. The van der Waals surface area contributed by atoms with Crippen molar-refractivity contribution in [3.63, 3.8) is 0 Å². The Morgan fingerprint density at radius 1 is 1.50 bits per heavy atom. The summed E-state index contributed by atoms with van der Waals surface area (Å²) in [7, 11) is 0. The predicted octanol–water partition coefficient (Wildman–Crippen LogP) is 2.68. The predicted molar refractivity (Wildman–Crippen MR) is 56.5 cm³/mol. The molecule has 0 aliphatic heterocycles. The van der Waals surface area contributed by atoms with E-state index in [2.05, 4.69) is 0 Å². The van der Waals surface area contributed by atoms with E-state index < -0.39 is 0 Å². The maximum atomic E-state index is 13.2. The van der Waals surface area contributed by atoms with Gasteiger partial charge in [-0.05, 0) is 25.1 Å². The third-order valence-corrected chi connectivity index (χ3v) is 2.23. The molecule has 0 spiro atoms. The van der Waals surface area contributed by atoms with Gasteiger partial charge in [-0.1, -0.05) is 0 Å². The quantitative estimate of drug-likeness (QED) is 0.749. The van der Waals surface area contributed by atoms with Crippen molar-refractivity contribution in [2.75, 3.05) is 6.61 Å². The van der Waals surface area contributed by atoms with E-state index in [0.717, 1.165) is 0 Å². The second kappa shape index (κ2) is 4.35. The molecule has 2 aromatic rings. The van der Waals surface area contributed by atoms with Crippen molar-refractivity contribution in [1.29, 1.82) is 0 Å². The third kappa shape index (κ3) is 2.05. The zero-order chi connectivity index (χ0) is 11.5. The van der Waals surface area contributed by atoms with E-state index in [-0.39, 0.29) is 18.2 Å². The molecule has 0 aliphatic rings. The summed E-state index contributed by atoms with van der Waals surface area (Å²) in [5.74, 6) is -0.765. The second-order valence-corrected chi connectivity index (χ2v) is 3.39. The molecular formula is C12H11FO3. The molecule has 0 bridgehead atoms. The fourth-order valence-electron chi connectivity index (χ4n) is 1.61. The van der Waals surface area contributed by atoms with Crippen LogP contribution in [0.2, 0.25) is 0 Å². The SMILES string of the molecule is CCOC(=O)Cc1cc(F)cc2ccoc12. The highest BCUT2D eigenvalue weighted by atomic mass is 19.1. The standard InChI is InChI=1S/C12H11FO3/c1-2-15-11(14)7-9-6-10(13)5-8-3-4-16-12(8)9/h3-6H,2,7H2,1H3. The summed E-state index contributed by atoms with van der Waals surface area (Å²) in [5.41, 5.74) is 1.05. The van der Waals surface area contributed by atoms with Gasteiger partial charge in [-0.3, -0.25) is 4.79 Å². The maximum Gasteiger partial charge on any atom is 0.310 e. The van der Waals surface area contributed by atoms with Gasteiger partial charge < -0.3 is 9.15 Å². The highest BCUT2D eigenvalue weighted by molar-refractivity contribution is 5.84. The number of esters is 1. The monoisotopic (exact) mass is 222 g/mol. The molecule has 0 fully saturated rings. The van der Waals surface area contributed by atoms with Gasteiger partial charge in [-0.15, -0.1) is 0 Å². The number of benzene rings is 1. The van der Waals surface area contributed by atoms with Gasteiger partial charge in [-0.25, -0.2) is 4.39 Å². The molecule has 0 saturated heterocycles. The minimum absolute atomic E-state index is 0.0234. The van der Waals surface area contributed by atoms with E-state index in [0.29, 0.717) is 23.1 Å². The van der Waals surface area contributed by atoms with Crippen LogP contribution in [0.25, 0.3) is 11.0 Å². The normalized spacial score (nSPS) is 10.6. The minimum Gasteiger partial charge on any atom is -0.466 e. The largest absolute Gasteiger partial charge is 0.466 e. The molecule has 3 nitrogen and oxygen atoms in total. The van der Waals surface area contributed by atoms with Crippen LogP contribution in [0, 0.1) is 5.82 Å². The van der Waals surface area contributed by atoms with E-state index in [1.54, 1.807) is 13.0 Å². The van der Waals surface area contributed by atoms with Gasteiger partial charge in [0.05, 0.1) is 19.3 Å². The average molecular weight is 222 g/mol. The maximum absolute atomic E-state index is 13.2. The summed E-state index contributed by atoms with van der Waals surface area (Å²) in [5, 5.41) is 0.652. The molecule has 0 N–H and O–H groups in total. The fraction of sp³-hybridized carbons (Fsp3) is 0.250. The first-order valence-corrected chi connectivity index (χ1v) is 5.02. The van der Waals surface area contributed by atoms with Gasteiger partial charge in [0.2, 0.25) is 0 Å². The van der Waals surface area contributed by atoms with Crippen LogP contribution in [0.1, 0.15) is 12.5 Å². The molecule has 1 aromatic heterocycles. The first-order valence-electron chi connectivity index (χ1n) is 5.02. The lowest BCUT2D eigenvalue weighted by Crippen LogP contribution is -2.07. The van der Waals surface area contributed by atoms with Crippen molar-refractivity contribution in [2.45, 2.75) is 13.3 Å². The molecule has 4 heteroatoms. The Balaban J connectivity index is 2.35. The lowest BCUT2D eigenvalue weighted by molar-refractivity contribution is -0.142. The van der Waals surface area contributed by atoms with Gasteiger partial charge in [0.15, 0.2) is 0 Å². The van der Waals surface area contributed by atoms with Crippen LogP contribution < -0.4 is 0 Å². The number of carbonyl (C=O) groups is 1. The molecule has 0 atom stereocenters. The topological polar surface area (TPSA) is 39.4 Å². The molecular weight excluding hydrogens is 211 g/mol. The number of halogens is 1. The van der Waals surface area contributed by atoms with Crippen LogP contribution in [-0.4, -0.2) is 12.6 Å². The first-order chi connectivity index (χ1) is 7.70. The van der Waals surface area contributed by atoms with Gasteiger partial charge in [0.1, 0.15) is 11.4 Å². The zero-order valence-electron chi connectivity index (χ0n) is 8.83. The molecule has 1 aromatic carbocycles. The number of furan rings is 1. The van der Waals surface area contributed by atoms with E-state index in [4.69, 9.17) is 9.15 Å². The number of fused-ring (bicyclic) bond motifs is 1. The Morgan fingerprint density at radius 3 is 3.06 bits per heavy atom. The van der Waals surface area contributed by atoms with Crippen LogP contribution in [-0.2, 0) is 16.0 Å². The lowest BCUT2D eigenvalue weighted by Gasteiger charge is -2.03. The fourth-order valence-corrected chi connectivity index (χ4v) is 1.61. The van der Waals surface area contributed by atoms with Gasteiger partial charge in [0, 0.05) is 10.9 Å². The summed E-state index contributed by atoms with van der Waals surface area (Å²) in [6.45, 7) is 2.04. The number of carbonyl (C=O) groups excluding carboxylic acids is 1. The number of rotatable bonds is 3. The Morgan fingerprint density at radius 2 is 2.31 bits per heavy atom.